The summed E-state index contributed by atoms with van der Waals surface area (Å²) in [5, 5.41) is 2.96. The normalized spacial score (nSPS) is 13.2. The van der Waals surface area contributed by atoms with Crippen molar-refractivity contribution in [1.29, 1.82) is 0 Å². The molecule has 2 aromatic carbocycles. The topological polar surface area (TPSA) is 46.9 Å². The summed E-state index contributed by atoms with van der Waals surface area (Å²) in [6.45, 7) is 8.00. The van der Waals surface area contributed by atoms with Crippen LogP contribution >= 0.6 is 0 Å². The van der Waals surface area contributed by atoms with E-state index in [9.17, 15) is 18.0 Å². The number of amides is 1. The summed E-state index contributed by atoms with van der Waals surface area (Å²) in [7, 11) is 0. The Bertz CT molecular complexity index is 1050. The first kappa shape index (κ1) is 21.6. The number of alkyl halides is 3. The minimum Gasteiger partial charge on any atom is -0.348 e. The Kier molecular flexibility index (Phi) is 5.74. The van der Waals surface area contributed by atoms with E-state index in [-0.39, 0.29) is 22.9 Å². The molecular weight excluding hydrogens is 391 g/mol. The quantitative estimate of drug-likeness (QED) is 0.592. The molecule has 4 nitrogen and oxygen atoms in total. The molecule has 0 unspecified atom stereocenters. The highest BCUT2D eigenvalue weighted by molar-refractivity contribution is 5.93. The number of imidazole rings is 1. The van der Waals surface area contributed by atoms with E-state index in [1.165, 1.54) is 24.7 Å². The minimum absolute atomic E-state index is 0.0827. The van der Waals surface area contributed by atoms with Crippen molar-refractivity contribution in [3.05, 3.63) is 72.3 Å². The maximum Gasteiger partial charge on any atom is 0.417 e. The number of nitrogens with zero attached hydrogens (tertiary/aromatic N) is 2. The molecule has 1 atom stereocenters. The fourth-order valence-corrected chi connectivity index (χ4v) is 2.96. The van der Waals surface area contributed by atoms with Crippen LogP contribution in [0.3, 0.4) is 0 Å². The molecule has 0 fully saturated rings. The third-order valence-electron chi connectivity index (χ3n) is 5.19. The van der Waals surface area contributed by atoms with Crippen LogP contribution in [0.5, 0.6) is 0 Å². The first-order valence-corrected chi connectivity index (χ1v) is 9.58. The van der Waals surface area contributed by atoms with Crippen LogP contribution in [0, 0.1) is 5.41 Å². The zero-order valence-corrected chi connectivity index (χ0v) is 17.3. The van der Waals surface area contributed by atoms with Gasteiger partial charge in [-0.05, 0) is 41.7 Å². The number of carbonyl (C=O) groups is 1. The van der Waals surface area contributed by atoms with Gasteiger partial charge in [0.15, 0.2) is 0 Å². The summed E-state index contributed by atoms with van der Waals surface area (Å²) in [4.78, 5) is 16.8. The van der Waals surface area contributed by atoms with E-state index in [2.05, 4.69) is 10.3 Å². The minimum atomic E-state index is -4.46. The summed E-state index contributed by atoms with van der Waals surface area (Å²) in [6.07, 6.45) is -1.54. The van der Waals surface area contributed by atoms with Gasteiger partial charge in [0, 0.05) is 11.7 Å². The maximum atomic E-state index is 13.4. The van der Waals surface area contributed by atoms with Crippen LogP contribution in [0.1, 0.15) is 43.7 Å². The summed E-state index contributed by atoms with van der Waals surface area (Å²) < 4.78 is 41.9. The second-order valence-electron chi connectivity index (χ2n) is 8.30. The molecule has 0 aliphatic heterocycles. The van der Waals surface area contributed by atoms with Crippen LogP contribution in [0.2, 0.25) is 0 Å². The lowest BCUT2D eigenvalue weighted by Gasteiger charge is -2.28. The molecule has 1 N–H and O–H groups in total. The number of carbonyl (C=O) groups excluding carboxylic acids is 1. The average Bonchev–Trinajstić information content (AvgIpc) is 3.17. The van der Waals surface area contributed by atoms with Gasteiger partial charge in [-0.25, -0.2) is 4.98 Å². The zero-order valence-electron chi connectivity index (χ0n) is 17.3. The molecule has 3 aromatic rings. The summed E-state index contributed by atoms with van der Waals surface area (Å²) in [5.74, 6) is -0.295. The number of hydrogen-bond acceptors (Lipinski definition) is 2. The zero-order chi connectivity index (χ0) is 22.1. The monoisotopic (exact) mass is 415 g/mol. The summed E-state index contributed by atoms with van der Waals surface area (Å²) >= 11 is 0. The fraction of sp³-hybridized carbons (Fsp3) is 0.304. The van der Waals surface area contributed by atoms with Gasteiger partial charge in [0.1, 0.15) is 5.69 Å². The Hall–Kier alpha value is -3.09. The largest absolute Gasteiger partial charge is 0.417 e. The van der Waals surface area contributed by atoms with Crippen molar-refractivity contribution in [1.82, 2.24) is 14.9 Å². The van der Waals surface area contributed by atoms with E-state index in [1.54, 1.807) is 34.9 Å². The van der Waals surface area contributed by atoms with Gasteiger partial charge < -0.3 is 5.32 Å². The molecule has 0 spiro atoms. The Labute approximate surface area is 173 Å². The van der Waals surface area contributed by atoms with Crippen molar-refractivity contribution in [3.8, 4) is 16.8 Å². The molecule has 1 aromatic heterocycles. The van der Waals surface area contributed by atoms with E-state index in [0.29, 0.717) is 16.9 Å². The third kappa shape index (κ3) is 4.56. The van der Waals surface area contributed by atoms with Gasteiger partial charge in [-0.1, -0.05) is 51.1 Å². The number of aromatic nitrogens is 2. The highest BCUT2D eigenvalue weighted by atomic mass is 19.4. The number of hydrogen-bond donors (Lipinski definition) is 1. The van der Waals surface area contributed by atoms with E-state index < -0.39 is 11.7 Å². The van der Waals surface area contributed by atoms with Crippen molar-refractivity contribution in [3.63, 3.8) is 0 Å². The molecule has 1 heterocycles. The number of benzene rings is 2. The number of halogens is 3. The van der Waals surface area contributed by atoms with Gasteiger partial charge in [0.25, 0.3) is 5.91 Å². The highest BCUT2D eigenvalue weighted by Gasteiger charge is 2.33. The molecule has 1 amide bonds. The predicted octanol–water partition coefficient (Wildman–Crippen LogP) is 5.72. The SMILES string of the molecule is C[C@H](NC(=O)c1cncn1-c1cccc(-c2ccccc2C(F)(F)F)c1)C(C)(C)C. The summed E-state index contributed by atoms with van der Waals surface area (Å²) in [6, 6.07) is 12.0. The molecule has 7 heteroatoms. The number of nitrogens with one attached hydrogen (secondary N) is 1. The van der Waals surface area contributed by atoms with Crippen molar-refractivity contribution >= 4 is 5.91 Å². The molecule has 0 saturated carbocycles. The molecule has 0 aliphatic rings. The van der Waals surface area contributed by atoms with Crippen molar-refractivity contribution in [2.24, 2.45) is 5.41 Å². The summed E-state index contributed by atoms with van der Waals surface area (Å²) in [5.41, 5.74) is 0.525. The average molecular weight is 415 g/mol. The van der Waals surface area contributed by atoms with Gasteiger partial charge in [0.2, 0.25) is 0 Å². The lowest BCUT2D eigenvalue weighted by molar-refractivity contribution is -0.137. The standard InChI is InChI=1S/C23H24F3N3O/c1-15(22(2,3)4)28-21(30)20-13-27-14-29(20)17-9-7-8-16(12-17)18-10-5-6-11-19(18)23(24,25)26/h5-15H,1-4H3,(H,28,30)/t15-/m0/s1. The third-order valence-corrected chi connectivity index (χ3v) is 5.19. The first-order valence-electron chi connectivity index (χ1n) is 9.58. The van der Waals surface area contributed by atoms with Crippen molar-refractivity contribution in [2.75, 3.05) is 0 Å². The molecule has 0 bridgehead atoms. The van der Waals surface area contributed by atoms with E-state index in [1.807, 2.05) is 27.7 Å². The van der Waals surface area contributed by atoms with Crippen LogP contribution < -0.4 is 5.32 Å². The number of rotatable bonds is 4. The van der Waals surface area contributed by atoms with Gasteiger partial charge in [-0.15, -0.1) is 0 Å². The molecular formula is C23H24F3N3O. The van der Waals surface area contributed by atoms with E-state index in [0.717, 1.165) is 6.07 Å². The first-order chi connectivity index (χ1) is 14.0. The van der Waals surface area contributed by atoms with Crippen LogP contribution in [0.25, 0.3) is 16.8 Å². The Morgan fingerprint density at radius 2 is 1.77 bits per heavy atom. The van der Waals surface area contributed by atoms with Gasteiger partial charge in [0.05, 0.1) is 18.1 Å². The maximum absolute atomic E-state index is 13.4. The molecule has 3 rings (SSSR count). The van der Waals surface area contributed by atoms with Crippen LogP contribution in [0.4, 0.5) is 13.2 Å². The van der Waals surface area contributed by atoms with Crippen LogP contribution in [0.15, 0.2) is 61.1 Å². The van der Waals surface area contributed by atoms with Crippen molar-refractivity contribution in [2.45, 2.75) is 39.9 Å². The predicted molar refractivity (Wildman–Crippen MR) is 110 cm³/mol. The lowest BCUT2D eigenvalue weighted by atomic mass is 9.88. The van der Waals surface area contributed by atoms with Gasteiger partial charge in [-0.2, -0.15) is 13.2 Å². The molecule has 30 heavy (non-hydrogen) atoms. The molecule has 0 saturated heterocycles. The molecule has 158 valence electrons. The van der Waals surface area contributed by atoms with Crippen molar-refractivity contribution < 1.29 is 18.0 Å². The van der Waals surface area contributed by atoms with E-state index in [4.69, 9.17) is 0 Å². The van der Waals surface area contributed by atoms with Gasteiger partial charge in [-0.3, -0.25) is 9.36 Å². The molecule has 0 radical (unpaired) electrons. The Morgan fingerprint density at radius 3 is 2.43 bits per heavy atom. The Balaban J connectivity index is 1.98. The van der Waals surface area contributed by atoms with Crippen LogP contribution in [-0.4, -0.2) is 21.5 Å². The fourth-order valence-electron chi connectivity index (χ4n) is 2.96. The second kappa shape index (κ2) is 7.97. The van der Waals surface area contributed by atoms with E-state index >= 15 is 0 Å². The smallest absolute Gasteiger partial charge is 0.348 e. The highest BCUT2D eigenvalue weighted by Crippen LogP contribution is 2.37. The lowest BCUT2D eigenvalue weighted by Crippen LogP contribution is -2.41. The van der Waals surface area contributed by atoms with Crippen LogP contribution in [-0.2, 0) is 6.18 Å². The van der Waals surface area contributed by atoms with Gasteiger partial charge >= 0.3 is 6.18 Å². The Morgan fingerprint density at radius 1 is 1.07 bits per heavy atom. The second-order valence-corrected chi connectivity index (χ2v) is 8.30. The molecule has 0 aliphatic carbocycles.